The van der Waals surface area contributed by atoms with Gasteiger partial charge in [-0.3, -0.25) is 0 Å². The van der Waals surface area contributed by atoms with Crippen LogP contribution in [0.2, 0.25) is 0 Å². The normalized spacial score (nSPS) is 23.7. The highest BCUT2D eigenvalue weighted by atomic mass is 16.5. The van der Waals surface area contributed by atoms with Crippen LogP contribution in [-0.4, -0.2) is 25.4 Å². The Labute approximate surface area is 109 Å². The van der Waals surface area contributed by atoms with Gasteiger partial charge >= 0.3 is 0 Å². The Morgan fingerprint density at radius 1 is 1.33 bits per heavy atom. The average Bonchev–Trinajstić information content (AvgIpc) is 2.86. The van der Waals surface area contributed by atoms with E-state index < -0.39 is 0 Å². The van der Waals surface area contributed by atoms with Crippen LogP contribution in [0.1, 0.15) is 25.3 Å². The van der Waals surface area contributed by atoms with Crippen molar-refractivity contribution in [2.75, 3.05) is 13.2 Å². The van der Waals surface area contributed by atoms with Gasteiger partial charge in [0.05, 0.1) is 12.2 Å². The topological polar surface area (TPSA) is 44.5 Å². The average molecular weight is 247 g/mol. The molecule has 3 nitrogen and oxygen atoms in total. The summed E-state index contributed by atoms with van der Waals surface area (Å²) in [5.41, 5.74) is 6.70. The molecule has 2 N–H and O–H groups in total. The number of nitrogens with two attached hydrogens (primary N) is 1. The molecule has 98 valence electrons. The van der Waals surface area contributed by atoms with Crippen molar-refractivity contribution in [3.63, 3.8) is 0 Å². The van der Waals surface area contributed by atoms with E-state index in [0.717, 1.165) is 24.2 Å². The van der Waals surface area contributed by atoms with Gasteiger partial charge in [-0.05, 0) is 25.8 Å². The Morgan fingerprint density at radius 3 is 2.83 bits per heavy atom. The SMILES string of the molecule is C/C=C/c1ccccc1OCC1CCC(CN)O1. The molecule has 2 atom stereocenters. The van der Waals surface area contributed by atoms with Gasteiger partial charge in [-0.1, -0.05) is 30.4 Å². The third-order valence-electron chi connectivity index (χ3n) is 3.15. The van der Waals surface area contributed by atoms with Gasteiger partial charge in [-0.15, -0.1) is 0 Å². The van der Waals surface area contributed by atoms with Gasteiger partial charge in [-0.25, -0.2) is 0 Å². The molecule has 18 heavy (non-hydrogen) atoms. The second-order valence-corrected chi connectivity index (χ2v) is 4.54. The van der Waals surface area contributed by atoms with E-state index in [2.05, 4.69) is 0 Å². The highest BCUT2D eigenvalue weighted by Crippen LogP contribution is 2.23. The maximum Gasteiger partial charge on any atom is 0.126 e. The Morgan fingerprint density at radius 2 is 2.11 bits per heavy atom. The van der Waals surface area contributed by atoms with Crippen molar-refractivity contribution in [3.05, 3.63) is 35.9 Å². The molecule has 3 heteroatoms. The largest absolute Gasteiger partial charge is 0.490 e. The smallest absolute Gasteiger partial charge is 0.126 e. The lowest BCUT2D eigenvalue weighted by Gasteiger charge is -2.14. The van der Waals surface area contributed by atoms with E-state index in [-0.39, 0.29) is 12.2 Å². The van der Waals surface area contributed by atoms with Crippen molar-refractivity contribution < 1.29 is 9.47 Å². The standard InChI is InChI=1S/C15H21NO2/c1-2-5-12-6-3-4-7-15(12)17-11-14-9-8-13(10-16)18-14/h2-7,13-14H,8-11,16H2,1H3/b5-2+. The van der Waals surface area contributed by atoms with Crippen molar-refractivity contribution >= 4 is 6.08 Å². The molecule has 0 bridgehead atoms. The first-order valence-electron chi connectivity index (χ1n) is 6.53. The van der Waals surface area contributed by atoms with Crippen LogP contribution in [0, 0.1) is 0 Å². The monoisotopic (exact) mass is 247 g/mol. The Hall–Kier alpha value is -1.32. The molecule has 1 saturated heterocycles. The van der Waals surface area contributed by atoms with Crippen molar-refractivity contribution in [1.29, 1.82) is 0 Å². The molecule has 2 unspecified atom stereocenters. The predicted molar refractivity (Wildman–Crippen MR) is 73.6 cm³/mol. The van der Waals surface area contributed by atoms with E-state index in [0.29, 0.717) is 13.2 Å². The van der Waals surface area contributed by atoms with E-state index in [9.17, 15) is 0 Å². The Balaban J connectivity index is 1.90. The number of ether oxygens (including phenoxy) is 2. The van der Waals surface area contributed by atoms with Gasteiger partial charge in [0, 0.05) is 12.1 Å². The van der Waals surface area contributed by atoms with E-state index >= 15 is 0 Å². The number of allylic oxidation sites excluding steroid dienone is 1. The van der Waals surface area contributed by atoms with Crippen molar-refractivity contribution in [3.8, 4) is 5.75 Å². The van der Waals surface area contributed by atoms with E-state index in [1.165, 1.54) is 0 Å². The molecule has 1 aromatic carbocycles. The fourth-order valence-electron chi connectivity index (χ4n) is 2.19. The molecule has 1 fully saturated rings. The molecule has 0 spiro atoms. The Bertz CT molecular complexity index is 403. The van der Waals surface area contributed by atoms with Crippen LogP contribution in [-0.2, 0) is 4.74 Å². The molecular weight excluding hydrogens is 226 g/mol. The van der Waals surface area contributed by atoms with Crippen LogP contribution in [0.15, 0.2) is 30.3 Å². The molecule has 1 aliphatic rings. The first-order valence-corrected chi connectivity index (χ1v) is 6.53. The van der Waals surface area contributed by atoms with Crippen LogP contribution in [0.5, 0.6) is 5.75 Å². The van der Waals surface area contributed by atoms with Gasteiger partial charge in [0.1, 0.15) is 12.4 Å². The molecule has 0 saturated carbocycles. The molecule has 0 amide bonds. The zero-order chi connectivity index (χ0) is 12.8. The summed E-state index contributed by atoms with van der Waals surface area (Å²) in [5, 5.41) is 0. The zero-order valence-electron chi connectivity index (χ0n) is 10.8. The second-order valence-electron chi connectivity index (χ2n) is 4.54. The minimum Gasteiger partial charge on any atom is -0.490 e. The Kier molecular flexibility index (Phi) is 4.79. The van der Waals surface area contributed by atoms with Crippen LogP contribution in [0.3, 0.4) is 0 Å². The summed E-state index contributed by atoms with van der Waals surface area (Å²) in [6.07, 6.45) is 6.53. The van der Waals surface area contributed by atoms with Gasteiger partial charge in [0.2, 0.25) is 0 Å². The fraction of sp³-hybridized carbons (Fsp3) is 0.467. The minimum absolute atomic E-state index is 0.178. The van der Waals surface area contributed by atoms with Crippen LogP contribution >= 0.6 is 0 Å². The van der Waals surface area contributed by atoms with Crippen molar-refractivity contribution in [2.24, 2.45) is 5.73 Å². The van der Waals surface area contributed by atoms with Gasteiger partial charge in [-0.2, -0.15) is 0 Å². The maximum absolute atomic E-state index is 5.85. The lowest BCUT2D eigenvalue weighted by Crippen LogP contribution is -2.23. The summed E-state index contributed by atoms with van der Waals surface area (Å²) in [5.74, 6) is 0.912. The molecule has 0 radical (unpaired) electrons. The van der Waals surface area contributed by atoms with E-state index in [1.54, 1.807) is 0 Å². The predicted octanol–water partition coefficient (Wildman–Crippen LogP) is 2.60. The number of hydrogen-bond acceptors (Lipinski definition) is 3. The van der Waals surface area contributed by atoms with Crippen LogP contribution in [0.25, 0.3) is 6.08 Å². The van der Waals surface area contributed by atoms with Crippen molar-refractivity contribution in [1.82, 2.24) is 0 Å². The molecule has 0 aliphatic carbocycles. The number of rotatable bonds is 5. The summed E-state index contributed by atoms with van der Waals surface area (Å²) >= 11 is 0. The molecule has 1 heterocycles. The zero-order valence-corrected chi connectivity index (χ0v) is 10.8. The summed E-state index contributed by atoms with van der Waals surface area (Å²) in [6.45, 7) is 3.21. The number of para-hydroxylation sites is 1. The highest BCUT2D eigenvalue weighted by Gasteiger charge is 2.24. The quantitative estimate of drug-likeness (QED) is 0.870. The lowest BCUT2D eigenvalue weighted by molar-refractivity contribution is 0.0221. The first kappa shape index (κ1) is 13.1. The summed E-state index contributed by atoms with van der Waals surface area (Å²) in [6, 6.07) is 8.04. The lowest BCUT2D eigenvalue weighted by atomic mass is 10.2. The molecule has 1 aromatic rings. The van der Waals surface area contributed by atoms with E-state index in [4.69, 9.17) is 15.2 Å². The third-order valence-corrected chi connectivity index (χ3v) is 3.15. The molecule has 1 aliphatic heterocycles. The highest BCUT2D eigenvalue weighted by molar-refractivity contribution is 5.56. The van der Waals surface area contributed by atoms with Gasteiger partial charge in [0.15, 0.2) is 0 Å². The minimum atomic E-state index is 0.178. The molecular formula is C15H21NO2. The van der Waals surface area contributed by atoms with Crippen LogP contribution in [0.4, 0.5) is 0 Å². The van der Waals surface area contributed by atoms with Gasteiger partial charge < -0.3 is 15.2 Å². The number of benzene rings is 1. The number of hydrogen-bond donors (Lipinski definition) is 1. The summed E-state index contributed by atoms with van der Waals surface area (Å²) in [7, 11) is 0. The summed E-state index contributed by atoms with van der Waals surface area (Å²) in [4.78, 5) is 0. The maximum atomic E-state index is 5.85. The summed E-state index contributed by atoms with van der Waals surface area (Å²) < 4.78 is 11.6. The third kappa shape index (κ3) is 3.34. The second kappa shape index (κ2) is 6.57. The first-order chi connectivity index (χ1) is 8.83. The van der Waals surface area contributed by atoms with Crippen molar-refractivity contribution in [2.45, 2.75) is 32.0 Å². The fourth-order valence-corrected chi connectivity index (χ4v) is 2.19. The molecule has 0 aromatic heterocycles. The van der Waals surface area contributed by atoms with Crippen LogP contribution < -0.4 is 10.5 Å². The van der Waals surface area contributed by atoms with Gasteiger partial charge in [0.25, 0.3) is 0 Å². The molecule has 2 rings (SSSR count). The van der Waals surface area contributed by atoms with E-state index in [1.807, 2.05) is 43.3 Å².